The molecular weight excluding hydrogens is 264 g/mol. The largest absolute Gasteiger partial charge is 0.421 e. The molecule has 0 saturated carbocycles. The fourth-order valence-corrected chi connectivity index (χ4v) is 2.09. The quantitative estimate of drug-likeness (QED) is 0.653. The van der Waals surface area contributed by atoms with Crippen LogP contribution >= 0.6 is 11.6 Å². The fourth-order valence-electron chi connectivity index (χ4n) is 1.90. The predicted octanol–water partition coefficient (Wildman–Crippen LogP) is 3.11. The van der Waals surface area contributed by atoms with Gasteiger partial charge in [0.25, 0.3) is 0 Å². The second kappa shape index (κ2) is 4.82. The van der Waals surface area contributed by atoms with E-state index in [2.05, 4.69) is 10.6 Å². The van der Waals surface area contributed by atoms with Gasteiger partial charge in [0.1, 0.15) is 0 Å². The molecule has 1 aliphatic rings. The number of hydrogen-bond donors (Lipinski definition) is 2. The van der Waals surface area contributed by atoms with Gasteiger partial charge in [0.2, 0.25) is 0 Å². The van der Waals surface area contributed by atoms with Crippen molar-refractivity contribution in [2.45, 2.75) is 6.17 Å². The highest BCUT2D eigenvalue weighted by Crippen LogP contribution is 2.29. The molecular formula is C14H11ClN2O2. The minimum Gasteiger partial charge on any atom is -0.421 e. The van der Waals surface area contributed by atoms with Crippen molar-refractivity contribution in [3.05, 3.63) is 53.6 Å². The zero-order valence-electron chi connectivity index (χ0n) is 9.89. The third-order valence-electron chi connectivity index (χ3n) is 2.77. The smallest absolute Gasteiger partial charge is 0.354 e. The monoisotopic (exact) mass is 274 g/mol. The van der Waals surface area contributed by atoms with Gasteiger partial charge in [-0.15, -0.1) is 0 Å². The Morgan fingerprint density at radius 2 is 2.00 bits per heavy atom. The SMILES string of the molecule is O=C1Oc2ccccc2NC1Nc1cccc(Cl)c1. The third-order valence-corrected chi connectivity index (χ3v) is 3.00. The Bertz CT molecular complexity index is 630. The Morgan fingerprint density at radius 1 is 1.16 bits per heavy atom. The molecule has 1 heterocycles. The third kappa shape index (κ3) is 2.48. The first-order valence-corrected chi connectivity index (χ1v) is 6.19. The second-order valence-corrected chi connectivity index (χ2v) is 4.59. The van der Waals surface area contributed by atoms with Crippen molar-refractivity contribution in [1.29, 1.82) is 0 Å². The minimum absolute atomic E-state index is 0.376. The predicted molar refractivity (Wildman–Crippen MR) is 74.6 cm³/mol. The molecule has 0 radical (unpaired) electrons. The average molecular weight is 275 g/mol. The van der Waals surface area contributed by atoms with E-state index in [1.54, 1.807) is 18.2 Å². The van der Waals surface area contributed by atoms with Crippen molar-refractivity contribution in [3.63, 3.8) is 0 Å². The van der Waals surface area contributed by atoms with Gasteiger partial charge in [0.15, 0.2) is 11.9 Å². The molecule has 5 heteroatoms. The lowest BCUT2D eigenvalue weighted by atomic mass is 10.2. The van der Waals surface area contributed by atoms with Crippen LogP contribution in [0.4, 0.5) is 11.4 Å². The topological polar surface area (TPSA) is 50.4 Å². The van der Waals surface area contributed by atoms with Crippen molar-refractivity contribution in [1.82, 2.24) is 0 Å². The van der Waals surface area contributed by atoms with Gasteiger partial charge in [-0.25, -0.2) is 4.79 Å². The van der Waals surface area contributed by atoms with Gasteiger partial charge in [-0.1, -0.05) is 29.8 Å². The number of esters is 1. The molecule has 0 amide bonds. The van der Waals surface area contributed by atoms with Crippen LogP contribution in [0.1, 0.15) is 0 Å². The molecule has 1 atom stereocenters. The Hall–Kier alpha value is -2.20. The molecule has 2 aromatic carbocycles. The number of ether oxygens (including phenoxy) is 1. The van der Waals surface area contributed by atoms with E-state index in [9.17, 15) is 4.79 Å². The Balaban J connectivity index is 1.81. The maximum absolute atomic E-state index is 11.9. The summed E-state index contributed by atoms with van der Waals surface area (Å²) in [6, 6.07) is 14.5. The minimum atomic E-state index is -0.631. The molecule has 0 bridgehead atoms. The summed E-state index contributed by atoms with van der Waals surface area (Å²) in [5.41, 5.74) is 1.53. The molecule has 1 aliphatic heterocycles. The van der Waals surface area contributed by atoms with E-state index in [0.29, 0.717) is 10.8 Å². The number of nitrogens with one attached hydrogen (secondary N) is 2. The van der Waals surface area contributed by atoms with Gasteiger partial charge in [-0.2, -0.15) is 0 Å². The van der Waals surface area contributed by atoms with Crippen LogP contribution < -0.4 is 15.4 Å². The van der Waals surface area contributed by atoms with Gasteiger partial charge >= 0.3 is 5.97 Å². The Labute approximate surface area is 115 Å². The lowest BCUT2D eigenvalue weighted by Gasteiger charge is -2.26. The van der Waals surface area contributed by atoms with E-state index in [-0.39, 0.29) is 5.97 Å². The van der Waals surface area contributed by atoms with Gasteiger partial charge in [-0.3, -0.25) is 0 Å². The van der Waals surface area contributed by atoms with Crippen molar-refractivity contribution < 1.29 is 9.53 Å². The lowest BCUT2D eigenvalue weighted by Crippen LogP contribution is -2.43. The number of rotatable bonds is 2. The highest BCUT2D eigenvalue weighted by atomic mass is 35.5. The van der Waals surface area contributed by atoms with Crippen molar-refractivity contribution in [2.24, 2.45) is 0 Å². The normalized spacial score (nSPS) is 17.1. The number of carbonyl (C=O) groups is 1. The first-order chi connectivity index (χ1) is 9.22. The lowest BCUT2D eigenvalue weighted by molar-refractivity contribution is -0.135. The summed E-state index contributed by atoms with van der Waals surface area (Å²) in [4.78, 5) is 11.9. The number of benzene rings is 2. The number of carbonyl (C=O) groups excluding carboxylic acids is 1. The number of hydrogen-bond acceptors (Lipinski definition) is 4. The first kappa shape index (κ1) is 11.9. The van der Waals surface area contributed by atoms with Crippen molar-refractivity contribution >= 4 is 28.9 Å². The Morgan fingerprint density at radius 3 is 2.84 bits per heavy atom. The zero-order chi connectivity index (χ0) is 13.2. The molecule has 0 aliphatic carbocycles. The highest BCUT2D eigenvalue weighted by Gasteiger charge is 2.27. The number of para-hydroxylation sites is 2. The van der Waals surface area contributed by atoms with E-state index in [1.807, 2.05) is 30.3 Å². The van der Waals surface area contributed by atoms with Crippen LogP contribution in [-0.4, -0.2) is 12.1 Å². The maximum atomic E-state index is 11.9. The summed E-state index contributed by atoms with van der Waals surface area (Å²) in [7, 11) is 0. The van der Waals surface area contributed by atoms with Crippen LogP contribution in [-0.2, 0) is 4.79 Å². The van der Waals surface area contributed by atoms with Crippen LogP contribution in [0, 0.1) is 0 Å². The Kier molecular flexibility index (Phi) is 3.01. The van der Waals surface area contributed by atoms with E-state index < -0.39 is 6.17 Å². The molecule has 2 N–H and O–H groups in total. The summed E-state index contributed by atoms with van der Waals surface area (Å²) in [6.45, 7) is 0. The second-order valence-electron chi connectivity index (χ2n) is 4.15. The van der Waals surface area contributed by atoms with Crippen molar-refractivity contribution in [2.75, 3.05) is 10.6 Å². The van der Waals surface area contributed by atoms with Crippen LogP contribution in [0.2, 0.25) is 5.02 Å². The number of anilines is 2. The zero-order valence-corrected chi connectivity index (χ0v) is 10.6. The molecule has 96 valence electrons. The maximum Gasteiger partial charge on any atom is 0.354 e. The van der Waals surface area contributed by atoms with E-state index in [1.165, 1.54) is 0 Å². The molecule has 0 aromatic heterocycles. The summed E-state index contributed by atoms with van der Waals surface area (Å²) in [5.74, 6) is 0.162. The standard InChI is InChI=1S/C14H11ClN2O2/c15-9-4-3-5-10(8-9)16-13-14(18)19-12-7-2-1-6-11(12)17-13/h1-8,13,16-17H. The first-order valence-electron chi connectivity index (χ1n) is 5.82. The van der Waals surface area contributed by atoms with Gasteiger partial charge in [0, 0.05) is 10.7 Å². The number of halogens is 1. The van der Waals surface area contributed by atoms with Gasteiger partial charge in [0.05, 0.1) is 5.69 Å². The average Bonchev–Trinajstić information content (AvgIpc) is 2.40. The summed E-state index contributed by atoms with van der Waals surface area (Å²) >= 11 is 5.90. The molecule has 1 unspecified atom stereocenters. The van der Waals surface area contributed by atoms with Gasteiger partial charge in [-0.05, 0) is 30.3 Å². The van der Waals surface area contributed by atoms with Crippen LogP contribution in [0.15, 0.2) is 48.5 Å². The summed E-state index contributed by atoms with van der Waals surface area (Å²) in [5, 5.41) is 6.73. The molecule has 0 saturated heterocycles. The van der Waals surface area contributed by atoms with E-state index in [0.717, 1.165) is 11.4 Å². The molecule has 3 rings (SSSR count). The fraction of sp³-hybridized carbons (Fsp3) is 0.0714. The van der Waals surface area contributed by atoms with E-state index >= 15 is 0 Å². The number of fused-ring (bicyclic) bond motifs is 1. The highest BCUT2D eigenvalue weighted by molar-refractivity contribution is 6.30. The van der Waals surface area contributed by atoms with Crippen LogP contribution in [0.5, 0.6) is 5.75 Å². The molecule has 4 nitrogen and oxygen atoms in total. The van der Waals surface area contributed by atoms with Crippen LogP contribution in [0.3, 0.4) is 0 Å². The molecule has 2 aromatic rings. The molecule has 0 fully saturated rings. The van der Waals surface area contributed by atoms with Crippen molar-refractivity contribution in [3.8, 4) is 5.75 Å². The van der Waals surface area contributed by atoms with E-state index in [4.69, 9.17) is 16.3 Å². The molecule has 0 spiro atoms. The summed E-state index contributed by atoms with van der Waals surface area (Å²) < 4.78 is 5.25. The summed E-state index contributed by atoms with van der Waals surface area (Å²) in [6.07, 6.45) is -0.631. The molecule has 19 heavy (non-hydrogen) atoms. The van der Waals surface area contributed by atoms with Gasteiger partial charge < -0.3 is 15.4 Å². The van der Waals surface area contributed by atoms with Crippen LogP contribution in [0.25, 0.3) is 0 Å².